The van der Waals surface area contributed by atoms with Gasteiger partial charge in [0.25, 0.3) is 5.91 Å². The minimum absolute atomic E-state index is 0.0503. The lowest BCUT2D eigenvalue weighted by Gasteiger charge is -2.51. The molecule has 1 spiro atoms. The van der Waals surface area contributed by atoms with Gasteiger partial charge in [-0.15, -0.1) is 0 Å². The Hall–Kier alpha value is -2.12. The van der Waals surface area contributed by atoms with E-state index in [0.29, 0.717) is 12.2 Å². The average molecular weight is 386 g/mol. The van der Waals surface area contributed by atoms with Crippen LogP contribution in [-0.4, -0.2) is 74.9 Å². The van der Waals surface area contributed by atoms with Crippen molar-refractivity contribution >= 4 is 5.91 Å². The third-order valence-electron chi connectivity index (χ3n) is 6.79. The van der Waals surface area contributed by atoms with Crippen molar-refractivity contribution in [3.05, 3.63) is 42.5 Å². The second-order valence-corrected chi connectivity index (χ2v) is 8.29. The molecule has 2 aliphatic rings. The largest absolute Gasteiger partial charge is 0.396 e. The van der Waals surface area contributed by atoms with Gasteiger partial charge in [0, 0.05) is 50.7 Å². The number of carbonyl (C=O) groups is 1. The predicted octanol–water partition coefficient (Wildman–Crippen LogP) is 1.84. The van der Waals surface area contributed by atoms with Crippen molar-refractivity contribution in [1.29, 1.82) is 0 Å². The molecule has 0 aliphatic carbocycles. The number of hydrogen-bond acceptors (Lipinski definition) is 4. The molecule has 4 heterocycles. The first kappa shape index (κ1) is 19.2. The summed E-state index contributed by atoms with van der Waals surface area (Å²) < 4.78 is 1.99. The van der Waals surface area contributed by atoms with Crippen molar-refractivity contribution in [2.24, 2.45) is 11.3 Å². The summed E-state index contributed by atoms with van der Waals surface area (Å²) in [5.41, 5.74) is 0.819. The first-order valence-electron chi connectivity index (χ1n) is 10.4. The average Bonchev–Trinajstić information content (AvgIpc) is 3.44. The number of H-pyrrole nitrogens is 1. The van der Waals surface area contributed by atoms with Gasteiger partial charge in [-0.25, -0.2) is 0 Å². The molecule has 0 saturated carbocycles. The van der Waals surface area contributed by atoms with Crippen LogP contribution in [0.4, 0.5) is 0 Å². The van der Waals surface area contributed by atoms with Crippen molar-refractivity contribution in [3.63, 3.8) is 0 Å². The summed E-state index contributed by atoms with van der Waals surface area (Å²) in [6, 6.07) is 5.64. The van der Waals surface area contributed by atoms with Crippen LogP contribution in [0.15, 0.2) is 36.8 Å². The maximum absolute atomic E-state index is 12.7. The molecule has 0 radical (unpaired) electrons. The minimum atomic E-state index is 0.0503. The number of aliphatic hydroxyl groups excluding tert-OH is 1. The molecule has 2 aromatic heterocycles. The molecule has 0 aromatic carbocycles. The summed E-state index contributed by atoms with van der Waals surface area (Å²) in [5.74, 6) is 0.223. The third kappa shape index (κ3) is 4.00. The number of piperidine rings is 2. The molecular weight excluding hydrogens is 354 g/mol. The van der Waals surface area contributed by atoms with Crippen LogP contribution in [0.2, 0.25) is 0 Å². The molecule has 1 unspecified atom stereocenters. The van der Waals surface area contributed by atoms with Crippen LogP contribution in [0, 0.1) is 11.3 Å². The fourth-order valence-electron chi connectivity index (χ4n) is 4.95. The number of hydrogen-bond donors (Lipinski definition) is 2. The molecule has 1 atom stereocenters. The van der Waals surface area contributed by atoms with E-state index in [1.165, 1.54) is 0 Å². The van der Waals surface area contributed by atoms with Gasteiger partial charge in [-0.05, 0) is 68.9 Å². The van der Waals surface area contributed by atoms with E-state index in [1.54, 1.807) is 6.20 Å². The van der Waals surface area contributed by atoms with Gasteiger partial charge in [0.05, 0.1) is 0 Å². The van der Waals surface area contributed by atoms with E-state index >= 15 is 0 Å². The lowest BCUT2D eigenvalue weighted by molar-refractivity contribution is -0.0355. The van der Waals surface area contributed by atoms with E-state index in [9.17, 15) is 9.90 Å². The monoisotopic (exact) mass is 385 g/mol. The number of aromatic amines is 1. The van der Waals surface area contributed by atoms with Crippen LogP contribution in [0.3, 0.4) is 0 Å². The number of carbonyl (C=O) groups excluding carboxylic acids is 1. The SMILES string of the molecule is O=C(c1ccc[nH]1)N1CCC2(CCN(CCCn3cccn3)CC2)C(CO)C1. The number of amides is 1. The molecule has 152 valence electrons. The van der Waals surface area contributed by atoms with Gasteiger partial charge >= 0.3 is 0 Å². The number of nitrogens with one attached hydrogen (secondary N) is 1. The summed E-state index contributed by atoms with van der Waals surface area (Å²) in [7, 11) is 0. The highest BCUT2D eigenvalue weighted by molar-refractivity contribution is 5.92. The van der Waals surface area contributed by atoms with Crippen molar-refractivity contribution in [2.75, 3.05) is 39.3 Å². The quantitative estimate of drug-likeness (QED) is 0.795. The number of nitrogens with zero attached hydrogens (tertiary/aromatic N) is 4. The molecule has 7 nitrogen and oxygen atoms in total. The van der Waals surface area contributed by atoms with E-state index in [-0.39, 0.29) is 23.8 Å². The zero-order valence-electron chi connectivity index (χ0n) is 16.5. The second kappa shape index (κ2) is 8.49. The van der Waals surface area contributed by atoms with Crippen LogP contribution in [0.1, 0.15) is 36.2 Å². The molecule has 2 aromatic rings. The van der Waals surface area contributed by atoms with Crippen LogP contribution in [-0.2, 0) is 6.54 Å². The lowest BCUT2D eigenvalue weighted by Crippen LogP contribution is -2.54. The normalized spacial score (nSPS) is 22.6. The zero-order chi connectivity index (χ0) is 19.4. The highest BCUT2D eigenvalue weighted by Crippen LogP contribution is 2.45. The van der Waals surface area contributed by atoms with E-state index in [0.717, 1.165) is 58.4 Å². The van der Waals surface area contributed by atoms with Crippen LogP contribution in [0.25, 0.3) is 0 Å². The van der Waals surface area contributed by atoms with Crippen molar-refractivity contribution < 1.29 is 9.90 Å². The molecule has 1 amide bonds. The lowest BCUT2D eigenvalue weighted by atomic mass is 9.64. The van der Waals surface area contributed by atoms with Gasteiger partial charge in [-0.1, -0.05) is 0 Å². The molecule has 28 heavy (non-hydrogen) atoms. The highest BCUT2D eigenvalue weighted by atomic mass is 16.3. The van der Waals surface area contributed by atoms with Crippen molar-refractivity contribution in [1.82, 2.24) is 24.6 Å². The Morgan fingerprint density at radius 2 is 2.04 bits per heavy atom. The Balaban J connectivity index is 1.28. The van der Waals surface area contributed by atoms with Gasteiger partial charge in [-0.2, -0.15) is 5.10 Å². The third-order valence-corrected chi connectivity index (χ3v) is 6.79. The molecule has 0 bridgehead atoms. The summed E-state index contributed by atoms with van der Waals surface area (Å²) in [4.78, 5) is 20.1. The first-order chi connectivity index (χ1) is 13.7. The standard InChI is InChI=1S/C21H31N5O2/c27-17-18-16-25(20(28)19-4-1-8-22-19)15-7-21(18)5-13-24(14-6-21)10-3-12-26-11-2-9-23-26/h1-2,4,8-9,11,18,22,27H,3,5-7,10,12-17H2. The Kier molecular flexibility index (Phi) is 5.82. The highest BCUT2D eigenvalue weighted by Gasteiger charge is 2.45. The molecule has 2 fully saturated rings. The zero-order valence-corrected chi connectivity index (χ0v) is 16.5. The Labute approximate surface area is 166 Å². The fraction of sp³-hybridized carbons (Fsp3) is 0.619. The number of rotatable bonds is 6. The van der Waals surface area contributed by atoms with Gasteiger partial charge < -0.3 is 19.9 Å². The second-order valence-electron chi connectivity index (χ2n) is 8.29. The van der Waals surface area contributed by atoms with Gasteiger partial charge in [0.1, 0.15) is 5.69 Å². The summed E-state index contributed by atoms with van der Waals surface area (Å²) >= 11 is 0. The van der Waals surface area contributed by atoms with Crippen LogP contribution < -0.4 is 0 Å². The van der Waals surface area contributed by atoms with Crippen molar-refractivity contribution in [3.8, 4) is 0 Å². The Bertz CT molecular complexity index is 735. The summed E-state index contributed by atoms with van der Waals surface area (Å²) in [6.07, 6.45) is 9.95. The molecule has 2 saturated heterocycles. The summed E-state index contributed by atoms with van der Waals surface area (Å²) in [5, 5.41) is 14.3. The van der Waals surface area contributed by atoms with Crippen LogP contribution in [0.5, 0.6) is 0 Å². The smallest absolute Gasteiger partial charge is 0.270 e. The minimum Gasteiger partial charge on any atom is -0.396 e. The Morgan fingerprint density at radius 1 is 1.21 bits per heavy atom. The van der Waals surface area contributed by atoms with E-state index in [1.807, 2.05) is 40.2 Å². The maximum atomic E-state index is 12.7. The van der Waals surface area contributed by atoms with Gasteiger partial charge in [-0.3, -0.25) is 9.48 Å². The van der Waals surface area contributed by atoms with Gasteiger partial charge in [0.15, 0.2) is 0 Å². The first-order valence-corrected chi connectivity index (χ1v) is 10.4. The number of aryl methyl sites for hydroxylation is 1. The number of aliphatic hydroxyl groups is 1. The van der Waals surface area contributed by atoms with E-state index in [2.05, 4.69) is 15.0 Å². The van der Waals surface area contributed by atoms with Crippen molar-refractivity contribution in [2.45, 2.75) is 32.2 Å². The topological polar surface area (TPSA) is 77.4 Å². The predicted molar refractivity (Wildman–Crippen MR) is 107 cm³/mol. The molecule has 2 aliphatic heterocycles. The molecule has 4 rings (SSSR count). The number of likely N-dealkylation sites (tertiary alicyclic amines) is 2. The number of aromatic nitrogens is 3. The fourth-order valence-corrected chi connectivity index (χ4v) is 4.95. The van der Waals surface area contributed by atoms with E-state index < -0.39 is 0 Å². The Morgan fingerprint density at radius 3 is 2.71 bits per heavy atom. The molecule has 2 N–H and O–H groups in total. The molecule has 7 heteroatoms. The molecular formula is C21H31N5O2. The maximum Gasteiger partial charge on any atom is 0.270 e. The van der Waals surface area contributed by atoms with Crippen LogP contribution >= 0.6 is 0 Å². The van der Waals surface area contributed by atoms with E-state index in [4.69, 9.17) is 0 Å². The van der Waals surface area contributed by atoms with Gasteiger partial charge in [0.2, 0.25) is 0 Å². The summed E-state index contributed by atoms with van der Waals surface area (Å²) in [6.45, 7) is 5.83.